The van der Waals surface area contributed by atoms with Crippen LogP contribution in [0.2, 0.25) is 0 Å². The zero-order valence-electron chi connectivity index (χ0n) is 10.3. The lowest BCUT2D eigenvalue weighted by Gasteiger charge is -2.18. The Morgan fingerprint density at radius 3 is 3.17 bits per heavy atom. The van der Waals surface area contributed by atoms with Crippen LogP contribution < -0.4 is 10.6 Å². The molecule has 18 heavy (non-hydrogen) atoms. The van der Waals surface area contributed by atoms with Crippen molar-refractivity contribution in [3.8, 4) is 0 Å². The molecule has 2 heterocycles. The van der Waals surface area contributed by atoms with Crippen molar-refractivity contribution in [2.75, 3.05) is 6.54 Å². The molecule has 1 aliphatic heterocycles. The van der Waals surface area contributed by atoms with E-state index in [1.807, 2.05) is 6.20 Å². The average Bonchev–Trinajstić information content (AvgIpc) is 2.84. The largest absolute Gasteiger partial charge is 0.348 e. The summed E-state index contributed by atoms with van der Waals surface area (Å²) in [5.41, 5.74) is 2.81. The third-order valence-corrected chi connectivity index (χ3v) is 3.43. The summed E-state index contributed by atoms with van der Waals surface area (Å²) in [7, 11) is 0. The number of hydrogen-bond donors (Lipinski definition) is 3. The fraction of sp³-hybridized carbons (Fsp3) is 0.357. The van der Waals surface area contributed by atoms with E-state index < -0.39 is 0 Å². The number of nitrogens with one attached hydrogen (secondary N) is 3. The van der Waals surface area contributed by atoms with Crippen molar-refractivity contribution < 1.29 is 0 Å². The van der Waals surface area contributed by atoms with Crippen LogP contribution in [0.15, 0.2) is 36.7 Å². The first-order valence-electron chi connectivity index (χ1n) is 6.43. The number of imidazole rings is 1. The van der Waals surface area contributed by atoms with Gasteiger partial charge in [-0.1, -0.05) is 24.3 Å². The Labute approximate surface area is 107 Å². The first kappa shape index (κ1) is 11.4. The Morgan fingerprint density at radius 1 is 1.33 bits per heavy atom. The van der Waals surface area contributed by atoms with Crippen LogP contribution in [0.5, 0.6) is 0 Å². The second-order valence-corrected chi connectivity index (χ2v) is 4.63. The van der Waals surface area contributed by atoms with Crippen LogP contribution >= 0.6 is 0 Å². The van der Waals surface area contributed by atoms with Gasteiger partial charge >= 0.3 is 0 Å². The highest BCUT2D eigenvalue weighted by molar-refractivity contribution is 5.31. The molecule has 0 radical (unpaired) electrons. The minimum atomic E-state index is 0.404. The highest BCUT2D eigenvalue weighted by atomic mass is 15.0. The van der Waals surface area contributed by atoms with Gasteiger partial charge in [0.1, 0.15) is 5.82 Å². The predicted octanol–water partition coefficient (Wildman–Crippen LogP) is 1.73. The lowest BCUT2D eigenvalue weighted by atomic mass is 9.99. The molecule has 3 N–H and O–H groups in total. The van der Waals surface area contributed by atoms with Crippen molar-refractivity contribution in [1.29, 1.82) is 0 Å². The molecule has 1 aromatic carbocycles. The average molecular weight is 242 g/mol. The summed E-state index contributed by atoms with van der Waals surface area (Å²) in [5, 5.41) is 7.05. The molecule has 4 nitrogen and oxygen atoms in total. The van der Waals surface area contributed by atoms with E-state index in [1.54, 1.807) is 6.20 Å². The second kappa shape index (κ2) is 5.33. The SMILES string of the molecule is c1ccc2c(c1)CNCCC2NCc1ncc[nH]1. The molecule has 4 heteroatoms. The smallest absolute Gasteiger partial charge is 0.120 e. The lowest BCUT2D eigenvalue weighted by Crippen LogP contribution is -2.23. The van der Waals surface area contributed by atoms with Crippen molar-refractivity contribution in [1.82, 2.24) is 20.6 Å². The maximum Gasteiger partial charge on any atom is 0.120 e. The van der Waals surface area contributed by atoms with E-state index in [0.717, 1.165) is 31.9 Å². The number of nitrogens with zero attached hydrogens (tertiary/aromatic N) is 1. The zero-order chi connectivity index (χ0) is 12.2. The normalized spacial score (nSPS) is 19.2. The molecule has 0 bridgehead atoms. The molecule has 0 amide bonds. The van der Waals surface area contributed by atoms with Crippen LogP contribution in [0.1, 0.15) is 29.4 Å². The minimum absolute atomic E-state index is 0.404. The number of H-pyrrole nitrogens is 1. The molecule has 1 aromatic heterocycles. The summed E-state index contributed by atoms with van der Waals surface area (Å²) in [6, 6.07) is 9.06. The van der Waals surface area contributed by atoms with E-state index in [-0.39, 0.29) is 0 Å². The van der Waals surface area contributed by atoms with E-state index in [1.165, 1.54) is 11.1 Å². The molecule has 0 spiro atoms. The Hall–Kier alpha value is -1.65. The van der Waals surface area contributed by atoms with Crippen LogP contribution in [0.3, 0.4) is 0 Å². The Kier molecular flexibility index (Phi) is 3.39. The highest BCUT2D eigenvalue weighted by Crippen LogP contribution is 2.23. The number of aromatic amines is 1. The molecule has 1 aliphatic rings. The van der Waals surface area contributed by atoms with Gasteiger partial charge in [0.25, 0.3) is 0 Å². The lowest BCUT2D eigenvalue weighted by molar-refractivity contribution is 0.489. The van der Waals surface area contributed by atoms with Gasteiger partial charge in [-0.25, -0.2) is 4.98 Å². The summed E-state index contributed by atoms with van der Waals surface area (Å²) in [4.78, 5) is 7.37. The number of fused-ring (bicyclic) bond motifs is 1. The molecule has 0 aliphatic carbocycles. The Morgan fingerprint density at radius 2 is 2.28 bits per heavy atom. The van der Waals surface area contributed by atoms with Crippen LogP contribution in [0.25, 0.3) is 0 Å². The van der Waals surface area contributed by atoms with Gasteiger partial charge in [-0.3, -0.25) is 0 Å². The molecule has 94 valence electrons. The van der Waals surface area contributed by atoms with Gasteiger partial charge in [-0.2, -0.15) is 0 Å². The fourth-order valence-electron chi connectivity index (χ4n) is 2.49. The topological polar surface area (TPSA) is 52.7 Å². The summed E-state index contributed by atoms with van der Waals surface area (Å²) in [5.74, 6) is 0.990. The summed E-state index contributed by atoms with van der Waals surface area (Å²) < 4.78 is 0. The number of benzene rings is 1. The van der Waals surface area contributed by atoms with Gasteiger partial charge in [0, 0.05) is 25.0 Å². The highest BCUT2D eigenvalue weighted by Gasteiger charge is 2.17. The number of rotatable bonds is 3. The molecular weight excluding hydrogens is 224 g/mol. The molecular formula is C14H18N4. The van der Waals surface area contributed by atoms with Gasteiger partial charge in [0.15, 0.2) is 0 Å². The molecule has 0 saturated heterocycles. The monoisotopic (exact) mass is 242 g/mol. The van der Waals surface area contributed by atoms with E-state index >= 15 is 0 Å². The van der Waals surface area contributed by atoms with Gasteiger partial charge in [0.05, 0.1) is 6.54 Å². The number of aromatic nitrogens is 2. The first-order valence-corrected chi connectivity index (χ1v) is 6.43. The molecule has 0 fully saturated rings. The summed E-state index contributed by atoms with van der Waals surface area (Å²) in [6.45, 7) is 2.80. The van der Waals surface area contributed by atoms with Gasteiger partial charge < -0.3 is 15.6 Å². The van der Waals surface area contributed by atoms with Crippen LogP contribution in [0, 0.1) is 0 Å². The first-order chi connectivity index (χ1) is 8.93. The maximum absolute atomic E-state index is 4.25. The fourth-order valence-corrected chi connectivity index (χ4v) is 2.49. The minimum Gasteiger partial charge on any atom is -0.348 e. The third-order valence-electron chi connectivity index (χ3n) is 3.43. The maximum atomic E-state index is 4.25. The quantitative estimate of drug-likeness (QED) is 0.768. The van der Waals surface area contributed by atoms with Crippen molar-refractivity contribution in [3.63, 3.8) is 0 Å². The standard InChI is InChI=1S/C14H18N4/c1-2-4-12-11(3-1)9-15-6-5-13(12)18-10-14-16-7-8-17-14/h1-4,7-8,13,15,18H,5-6,9-10H2,(H,16,17). The van der Waals surface area contributed by atoms with Crippen molar-refractivity contribution >= 4 is 0 Å². The van der Waals surface area contributed by atoms with Gasteiger partial charge in [-0.05, 0) is 24.1 Å². The second-order valence-electron chi connectivity index (χ2n) is 4.63. The van der Waals surface area contributed by atoms with Gasteiger partial charge in [0.2, 0.25) is 0 Å². The molecule has 3 rings (SSSR count). The van der Waals surface area contributed by atoms with Crippen LogP contribution in [-0.2, 0) is 13.1 Å². The molecule has 1 unspecified atom stereocenters. The third kappa shape index (κ3) is 2.44. The van der Waals surface area contributed by atoms with Crippen LogP contribution in [0.4, 0.5) is 0 Å². The Balaban J connectivity index is 1.75. The van der Waals surface area contributed by atoms with E-state index in [2.05, 4.69) is 44.9 Å². The molecule has 0 saturated carbocycles. The Bertz CT molecular complexity index is 492. The van der Waals surface area contributed by atoms with E-state index in [9.17, 15) is 0 Å². The summed E-state index contributed by atoms with van der Waals surface area (Å²) >= 11 is 0. The predicted molar refractivity (Wildman–Crippen MR) is 70.9 cm³/mol. The number of hydrogen-bond acceptors (Lipinski definition) is 3. The van der Waals surface area contributed by atoms with Gasteiger partial charge in [-0.15, -0.1) is 0 Å². The summed E-state index contributed by atoms with van der Waals surface area (Å²) in [6.07, 6.45) is 4.76. The molecule has 1 atom stereocenters. The van der Waals surface area contributed by atoms with Crippen molar-refractivity contribution in [2.24, 2.45) is 0 Å². The van der Waals surface area contributed by atoms with Crippen molar-refractivity contribution in [3.05, 3.63) is 53.6 Å². The van der Waals surface area contributed by atoms with E-state index in [4.69, 9.17) is 0 Å². The van der Waals surface area contributed by atoms with Crippen LogP contribution in [-0.4, -0.2) is 16.5 Å². The van der Waals surface area contributed by atoms with Crippen molar-refractivity contribution in [2.45, 2.75) is 25.6 Å². The van der Waals surface area contributed by atoms with E-state index in [0.29, 0.717) is 6.04 Å². The zero-order valence-corrected chi connectivity index (χ0v) is 10.3. The molecule has 2 aromatic rings.